The highest BCUT2D eigenvalue weighted by molar-refractivity contribution is 5.30. The number of nitrogens with one attached hydrogen (secondary N) is 1. The summed E-state index contributed by atoms with van der Waals surface area (Å²) in [4.78, 5) is 0. The Bertz CT molecular complexity index is 296. The second-order valence-electron chi connectivity index (χ2n) is 4.01. The third-order valence-electron chi connectivity index (χ3n) is 2.99. The van der Waals surface area contributed by atoms with Crippen LogP contribution in [0.1, 0.15) is 13.3 Å². The molecule has 16 heavy (non-hydrogen) atoms. The molecule has 0 aromatic heterocycles. The van der Waals surface area contributed by atoms with Crippen LogP contribution in [0.5, 0.6) is 0 Å². The maximum atomic E-state index is 10.6. The number of rotatable bonds is 4. The highest BCUT2D eigenvalue weighted by Gasteiger charge is 2.40. The third kappa shape index (κ3) is 2.82. The normalized spacial score (nSPS) is 31.3. The molecule has 1 fully saturated rings. The van der Waals surface area contributed by atoms with Gasteiger partial charge in [0, 0.05) is 13.7 Å². The van der Waals surface area contributed by atoms with Crippen LogP contribution in [-0.2, 0) is 4.74 Å². The molecular weight excluding hydrogens is 202 g/mol. The van der Waals surface area contributed by atoms with Crippen LogP contribution < -0.4 is 5.32 Å². The molecule has 0 aromatic rings. The van der Waals surface area contributed by atoms with Gasteiger partial charge in [-0.25, -0.2) is 0 Å². The molecule has 0 aliphatic carbocycles. The molecule has 2 unspecified atom stereocenters. The lowest BCUT2D eigenvalue weighted by molar-refractivity contribution is -0.0826. The Hall–Kier alpha value is -0.900. The minimum absolute atomic E-state index is 0.232. The molecule has 0 aromatic carbocycles. The van der Waals surface area contributed by atoms with Gasteiger partial charge in [0.05, 0.1) is 0 Å². The first kappa shape index (κ1) is 13.2. The fraction of sp³-hybridized carbons (Fsp3) is 0.538. The van der Waals surface area contributed by atoms with E-state index in [-0.39, 0.29) is 6.10 Å². The SMILES string of the molecule is C=C(/C=C\C=C/C)C1(O)CCNCC1OC. The molecule has 1 heterocycles. The Morgan fingerprint density at radius 1 is 1.56 bits per heavy atom. The second kappa shape index (κ2) is 5.99. The topological polar surface area (TPSA) is 41.5 Å². The van der Waals surface area contributed by atoms with Crippen LogP contribution >= 0.6 is 0 Å². The predicted molar refractivity (Wildman–Crippen MR) is 66.3 cm³/mol. The summed E-state index contributed by atoms with van der Waals surface area (Å²) in [5.74, 6) is 0. The van der Waals surface area contributed by atoms with Crippen LogP contribution in [0.2, 0.25) is 0 Å². The molecule has 3 heteroatoms. The van der Waals surface area contributed by atoms with Gasteiger partial charge in [-0.3, -0.25) is 0 Å². The number of aliphatic hydroxyl groups is 1. The van der Waals surface area contributed by atoms with Crippen molar-refractivity contribution >= 4 is 0 Å². The molecule has 0 radical (unpaired) electrons. The fourth-order valence-electron chi connectivity index (χ4n) is 1.91. The maximum absolute atomic E-state index is 10.6. The number of hydrogen-bond donors (Lipinski definition) is 2. The van der Waals surface area contributed by atoms with Gasteiger partial charge in [0.15, 0.2) is 0 Å². The Morgan fingerprint density at radius 2 is 2.31 bits per heavy atom. The number of hydrogen-bond acceptors (Lipinski definition) is 3. The number of ether oxygens (including phenoxy) is 1. The molecule has 2 atom stereocenters. The van der Waals surface area contributed by atoms with Crippen LogP contribution in [0.15, 0.2) is 36.5 Å². The van der Waals surface area contributed by atoms with Crippen molar-refractivity contribution in [3.8, 4) is 0 Å². The molecule has 1 saturated heterocycles. The molecule has 0 spiro atoms. The van der Waals surface area contributed by atoms with Crippen molar-refractivity contribution in [2.24, 2.45) is 0 Å². The predicted octanol–water partition coefficient (Wildman–Crippen LogP) is 1.41. The van der Waals surface area contributed by atoms with E-state index >= 15 is 0 Å². The van der Waals surface area contributed by atoms with Gasteiger partial charge in [-0.05, 0) is 25.5 Å². The highest BCUT2D eigenvalue weighted by Crippen LogP contribution is 2.28. The highest BCUT2D eigenvalue weighted by atomic mass is 16.5. The van der Waals surface area contributed by atoms with Gasteiger partial charge in [0.2, 0.25) is 0 Å². The van der Waals surface area contributed by atoms with Gasteiger partial charge < -0.3 is 15.2 Å². The van der Waals surface area contributed by atoms with E-state index in [1.165, 1.54) is 0 Å². The lowest BCUT2D eigenvalue weighted by Gasteiger charge is -2.40. The molecule has 3 nitrogen and oxygen atoms in total. The Morgan fingerprint density at radius 3 is 2.94 bits per heavy atom. The first-order chi connectivity index (χ1) is 7.65. The molecule has 1 aliphatic rings. The van der Waals surface area contributed by atoms with Crippen molar-refractivity contribution in [2.45, 2.75) is 25.0 Å². The van der Waals surface area contributed by atoms with Crippen LogP contribution in [0, 0.1) is 0 Å². The zero-order valence-corrected chi connectivity index (χ0v) is 10.1. The average Bonchev–Trinajstić information content (AvgIpc) is 2.30. The van der Waals surface area contributed by atoms with Crippen molar-refractivity contribution in [3.63, 3.8) is 0 Å². The van der Waals surface area contributed by atoms with Gasteiger partial charge in [-0.2, -0.15) is 0 Å². The molecule has 0 bridgehead atoms. The maximum Gasteiger partial charge on any atom is 0.118 e. The molecule has 2 N–H and O–H groups in total. The van der Waals surface area contributed by atoms with Gasteiger partial charge in [-0.15, -0.1) is 0 Å². The minimum Gasteiger partial charge on any atom is -0.382 e. The van der Waals surface area contributed by atoms with Crippen molar-refractivity contribution < 1.29 is 9.84 Å². The van der Waals surface area contributed by atoms with Crippen molar-refractivity contribution in [2.75, 3.05) is 20.2 Å². The van der Waals surface area contributed by atoms with Crippen LogP contribution in [-0.4, -0.2) is 37.0 Å². The van der Waals surface area contributed by atoms with Gasteiger partial charge in [-0.1, -0.05) is 30.9 Å². The zero-order valence-electron chi connectivity index (χ0n) is 10.1. The minimum atomic E-state index is -0.946. The molecule has 90 valence electrons. The van der Waals surface area contributed by atoms with E-state index in [1.807, 2.05) is 31.2 Å². The average molecular weight is 223 g/mol. The number of piperidine rings is 1. The summed E-state index contributed by atoms with van der Waals surface area (Å²) in [5.41, 5.74) is -0.239. The molecule has 1 rings (SSSR count). The summed E-state index contributed by atoms with van der Waals surface area (Å²) in [6.45, 7) is 7.33. The first-order valence-corrected chi connectivity index (χ1v) is 5.59. The number of methoxy groups -OCH3 is 1. The monoisotopic (exact) mass is 223 g/mol. The molecule has 0 amide bonds. The Balaban J connectivity index is 2.76. The molecule has 0 saturated carbocycles. The first-order valence-electron chi connectivity index (χ1n) is 5.59. The molecular formula is C13H21NO2. The van der Waals surface area contributed by atoms with E-state index in [4.69, 9.17) is 4.74 Å². The lowest BCUT2D eigenvalue weighted by atomic mass is 9.83. The van der Waals surface area contributed by atoms with Crippen LogP contribution in [0.4, 0.5) is 0 Å². The summed E-state index contributed by atoms with van der Waals surface area (Å²) in [6, 6.07) is 0. The summed E-state index contributed by atoms with van der Waals surface area (Å²) in [5, 5.41) is 13.8. The Kier molecular flexibility index (Phi) is 4.93. The van der Waals surface area contributed by atoms with Crippen LogP contribution in [0.3, 0.4) is 0 Å². The third-order valence-corrected chi connectivity index (χ3v) is 2.99. The van der Waals surface area contributed by atoms with Crippen molar-refractivity contribution in [3.05, 3.63) is 36.5 Å². The summed E-state index contributed by atoms with van der Waals surface area (Å²) in [7, 11) is 1.62. The van der Waals surface area contributed by atoms with Crippen molar-refractivity contribution in [1.82, 2.24) is 5.32 Å². The number of allylic oxidation sites excluding steroid dienone is 3. The quantitative estimate of drug-likeness (QED) is 0.708. The lowest BCUT2D eigenvalue weighted by Crippen LogP contribution is -2.55. The fourth-order valence-corrected chi connectivity index (χ4v) is 1.91. The van der Waals surface area contributed by atoms with E-state index in [1.54, 1.807) is 7.11 Å². The largest absolute Gasteiger partial charge is 0.382 e. The Labute approximate surface area is 97.5 Å². The zero-order chi connectivity index (χ0) is 12.0. The van der Waals surface area contributed by atoms with E-state index < -0.39 is 5.60 Å². The van der Waals surface area contributed by atoms with Gasteiger partial charge >= 0.3 is 0 Å². The van der Waals surface area contributed by atoms with E-state index in [2.05, 4.69) is 11.9 Å². The van der Waals surface area contributed by atoms with Gasteiger partial charge in [0.1, 0.15) is 11.7 Å². The summed E-state index contributed by atoms with van der Waals surface area (Å²) in [6.07, 6.45) is 7.97. The summed E-state index contributed by atoms with van der Waals surface area (Å²) >= 11 is 0. The van der Waals surface area contributed by atoms with E-state index in [0.717, 1.165) is 6.54 Å². The smallest absolute Gasteiger partial charge is 0.118 e. The van der Waals surface area contributed by atoms with Crippen LogP contribution in [0.25, 0.3) is 0 Å². The standard InChI is InChI=1S/C13H21NO2/c1-4-5-6-7-11(2)13(15)8-9-14-10-12(13)16-3/h4-7,12,14-15H,2,8-10H2,1,3H3/b5-4-,7-6-. The van der Waals surface area contributed by atoms with Crippen molar-refractivity contribution in [1.29, 1.82) is 0 Å². The second-order valence-corrected chi connectivity index (χ2v) is 4.01. The van der Waals surface area contributed by atoms with Gasteiger partial charge in [0.25, 0.3) is 0 Å². The van der Waals surface area contributed by atoms with E-state index in [0.29, 0.717) is 18.5 Å². The summed E-state index contributed by atoms with van der Waals surface area (Å²) < 4.78 is 5.31. The molecule has 1 aliphatic heterocycles. The van der Waals surface area contributed by atoms with E-state index in [9.17, 15) is 5.11 Å².